The minimum atomic E-state index is 0.144. The van der Waals surface area contributed by atoms with E-state index in [9.17, 15) is 0 Å². The molecule has 0 fully saturated rings. The van der Waals surface area contributed by atoms with Crippen LogP contribution in [0.3, 0.4) is 0 Å². The smallest absolute Gasteiger partial charge is 0.150 e. The van der Waals surface area contributed by atoms with Gasteiger partial charge in [-0.3, -0.25) is 0 Å². The number of halogens is 1. The standard InChI is InChI=1S/C17H18ClN3OS/c1-10-8-15(22-21-10)9-19-11(2)17-20-16(12(3)23-17)13-4-6-14(18)7-5-13/h4-8,11,19H,9H2,1-3H3/t11-/m1/s1. The zero-order chi connectivity index (χ0) is 16.4. The first-order valence-corrected chi connectivity index (χ1v) is 8.61. The molecule has 0 aliphatic carbocycles. The number of aromatic nitrogens is 2. The number of hydrogen-bond donors (Lipinski definition) is 1. The van der Waals surface area contributed by atoms with Crippen molar-refractivity contribution in [1.82, 2.24) is 15.5 Å². The van der Waals surface area contributed by atoms with Crippen LogP contribution in [-0.2, 0) is 6.54 Å². The van der Waals surface area contributed by atoms with E-state index in [-0.39, 0.29) is 6.04 Å². The Kier molecular flexibility index (Phi) is 4.80. The maximum absolute atomic E-state index is 5.95. The predicted molar refractivity (Wildman–Crippen MR) is 93.8 cm³/mol. The molecule has 2 heterocycles. The zero-order valence-electron chi connectivity index (χ0n) is 13.3. The molecule has 1 atom stereocenters. The zero-order valence-corrected chi connectivity index (χ0v) is 14.8. The van der Waals surface area contributed by atoms with E-state index in [1.54, 1.807) is 11.3 Å². The SMILES string of the molecule is Cc1cc(CN[C@H](C)c2nc(-c3ccc(Cl)cc3)c(C)s2)on1. The molecule has 0 bridgehead atoms. The van der Waals surface area contributed by atoms with Crippen LogP contribution in [-0.4, -0.2) is 10.1 Å². The van der Waals surface area contributed by atoms with Crippen LogP contribution in [0.4, 0.5) is 0 Å². The lowest BCUT2D eigenvalue weighted by Gasteiger charge is -2.08. The van der Waals surface area contributed by atoms with E-state index in [0.29, 0.717) is 6.54 Å². The second-order valence-electron chi connectivity index (χ2n) is 5.50. The van der Waals surface area contributed by atoms with E-state index >= 15 is 0 Å². The summed E-state index contributed by atoms with van der Waals surface area (Å²) in [6.45, 7) is 6.75. The summed E-state index contributed by atoms with van der Waals surface area (Å²) in [4.78, 5) is 5.99. The van der Waals surface area contributed by atoms with Gasteiger partial charge in [0.1, 0.15) is 5.01 Å². The van der Waals surface area contributed by atoms with Crippen molar-refractivity contribution < 1.29 is 4.52 Å². The second-order valence-corrected chi connectivity index (χ2v) is 7.17. The Hall–Kier alpha value is -1.69. The largest absolute Gasteiger partial charge is 0.360 e. The molecule has 0 radical (unpaired) electrons. The molecule has 0 aliphatic heterocycles. The summed E-state index contributed by atoms with van der Waals surface area (Å²) < 4.78 is 5.22. The first kappa shape index (κ1) is 16.2. The van der Waals surface area contributed by atoms with E-state index < -0.39 is 0 Å². The molecule has 1 N–H and O–H groups in total. The van der Waals surface area contributed by atoms with Crippen molar-refractivity contribution in [3.8, 4) is 11.3 Å². The summed E-state index contributed by atoms with van der Waals surface area (Å²) in [5.74, 6) is 0.834. The van der Waals surface area contributed by atoms with E-state index in [4.69, 9.17) is 21.1 Å². The maximum atomic E-state index is 5.95. The summed E-state index contributed by atoms with van der Waals surface area (Å²) in [6, 6.07) is 9.87. The minimum absolute atomic E-state index is 0.144. The molecule has 0 aliphatic rings. The van der Waals surface area contributed by atoms with Gasteiger partial charge in [0.05, 0.1) is 24.0 Å². The molecule has 0 saturated heterocycles. The van der Waals surface area contributed by atoms with Gasteiger partial charge in [0.2, 0.25) is 0 Å². The Morgan fingerprint density at radius 3 is 2.65 bits per heavy atom. The lowest BCUT2D eigenvalue weighted by molar-refractivity contribution is 0.363. The Labute approximate surface area is 144 Å². The highest BCUT2D eigenvalue weighted by Crippen LogP contribution is 2.31. The van der Waals surface area contributed by atoms with Gasteiger partial charge in [0, 0.05) is 21.5 Å². The van der Waals surface area contributed by atoms with Gasteiger partial charge in [-0.05, 0) is 32.9 Å². The third-order valence-electron chi connectivity index (χ3n) is 3.56. The van der Waals surface area contributed by atoms with Gasteiger partial charge in [-0.25, -0.2) is 4.98 Å². The van der Waals surface area contributed by atoms with Crippen LogP contribution in [0.1, 0.15) is 34.3 Å². The van der Waals surface area contributed by atoms with Crippen molar-refractivity contribution in [3.63, 3.8) is 0 Å². The van der Waals surface area contributed by atoms with Gasteiger partial charge in [-0.1, -0.05) is 28.9 Å². The molecule has 2 aromatic heterocycles. The summed E-state index contributed by atoms with van der Waals surface area (Å²) in [5, 5.41) is 9.11. The maximum Gasteiger partial charge on any atom is 0.150 e. The summed E-state index contributed by atoms with van der Waals surface area (Å²) in [7, 11) is 0. The molecule has 1 aromatic carbocycles. The van der Waals surface area contributed by atoms with Crippen LogP contribution in [0, 0.1) is 13.8 Å². The Morgan fingerprint density at radius 1 is 1.26 bits per heavy atom. The molecule has 0 amide bonds. The normalized spacial score (nSPS) is 12.5. The van der Waals surface area contributed by atoms with Gasteiger partial charge < -0.3 is 9.84 Å². The fourth-order valence-electron chi connectivity index (χ4n) is 2.32. The molecule has 3 aromatic rings. The van der Waals surface area contributed by atoms with E-state index in [2.05, 4.69) is 24.3 Å². The molecule has 0 saturated carbocycles. The van der Waals surface area contributed by atoms with Crippen LogP contribution in [0.15, 0.2) is 34.9 Å². The van der Waals surface area contributed by atoms with Crippen LogP contribution >= 0.6 is 22.9 Å². The summed E-state index contributed by atoms with van der Waals surface area (Å²) >= 11 is 7.66. The fourth-order valence-corrected chi connectivity index (χ4v) is 3.42. The predicted octanol–water partition coefficient (Wildman–Crippen LogP) is 4.92. The fraction of sp³-hybridized carbons (Fsp3) is 0.294. The molecule has 0 spiro atoms. The average molecular weight is 348 g/mol. The average Bonchev–Trinajstić information content (AvgIpc) is 3.12. The number of hydrogen-bond acceptors (Lipinski definition) is 5. The molecule has 120 valence electrons. The van der Waals surface area contributed by atoms with Crippen LogP contribution < -0.4 is 5.32 Å². The van der Waals surface area contributed by atoms with Gasteiger partial charge in [0.15, 0.2) is 5.76 Å². The molecular formula is C17H18ClN3OS. The van der Waals surface area contributed by atoms with Crippen molar-refractivity contribution in [2.24, 2.45) is 0 Å². The number of benzene rings is 1. The molecule has 4 nitrogen and oxygen atoms in total. The highest BCUT2D eigenvalue weighted by molar-refractivity contribution is 7.12. The van der Waals surface area contributed by atoms with E-state index in [1.807, 2.05) is 37.3 Å². The lowest BCUT2D eigenvalue weighted by atomic mass is 10.1. The molecule has 0 unspecified atom stereocenters. The van der Waals surface area contributed by atoms with Crippen LogP contribution in [0.25, 0.3) is 11.3 Å². The first-order chi connectivity index (χ1) is 11.0. The van der Waals surface area contributed by atoms with Crippen LogP contribution in [0.2, 0.25) is 5.02 Å². The topological polar surface area (TPSA) is 51.0 Å². The van der Waals surface area contributed by atoms with Crippen molar-refractivity contribution in [2.75, 3.05) is 0 Å². The number of rotatable bonds is 5. The minimum Gasteiger partial charge on any atom is -0.360 e. The number of nitrogens with one attached hydrogen (secondary N) is 1. The molecule has 6 heteroatoms. The second kappa shape index (κ2) is 6.83. The van der Waals surface area contributed by atoms with Crippen molar-refractivity contribution >= 4 is 22.9 Å². The third-order valence-corrected chi connectivity index (χ3v) is 4.97. The molecule has 23 heavy (non-hydrogen) atoms. The Bertz CT molecular complexity index is 795. The highest BCUT2D eigenvalue weighted by Gasteiger charge is 2.15. The van der Waals surface area contributed by atoms with Crippen molar-refractivity contribution in [2.45, 2.75) is 33.4 Å². The van der Waals surface area contributed by atoms with Crippen LogP contribution in [0.5, 0.6) is 0 Å². The summed E-state index contributed by atoms with van der Waals surface area (Å²) in [5.41, 5.74) is 3.00. The monoisotopic (exact) mass is 347 g/mol. The van der Waals surface area contributed by atoms with Gasteiger partial charge >= 0.3 is 0 Å². The molecule has 3 rings (SSSR count). The quantitative estimate of drug-likeness (QED) is 0.711. The van der Waals surface area contributed by atoms with Gasteiger partial charge in [-0.2, -0.15) is 0 Å². The van der Waals surface area contributed by atoms with Gasteiger partial charge in [0.25, 0.3) is 0 Å². The van der Waals surface area contributed by atoms with E-state index in [1.165, 1.54) is 4.88 Å². The number of nitrogens with zero attached hydrogens (tertiary/aromatic N) is 2. The Balaban J connectivity index is 1.73. The highest BCUT2D eigenvalue weighted by atomic mass is 35.5. The lowest BCUT2D eigenvalue weighted by Crippen LogP contribution is -2.17. The summed E-state index contributed by atoms with van der Waals surface area (Å²) in [6.07, 6.45) is 0. The number of aryl methyl sites for hydroxylation is 2. The van der Waals surface area contributed by atoms with Crippen molar-refractivity contribution in [3.05, 3.63) is 56.7 Å². The molecular weight excluding hydrogens is 330 g/mol. The van der Waals surface area contributed by atoms with Gasteiger partial charge in [-0.15, -0.1) is 11.3 Å². The number of thiazole rings is 1. The third kappa shape index (κ3) is 3.80. The Morgan fingerprint density at radius 2 is 2.00 bits per heavy atom. The first-order valence-electron chi connectivity index (χ1n) is 7.42. The van der Waals surface area contributed by atoms with Crippen molar-refractivity contribution in [1.29, 1.82) is 0 Å². The van der Waals surface area contributed by atoms with E-state index in [0.717, 1.165) is 32.7 Å².